The highest BCUT2D eigenvalue weighted by atomic mass is 16.2. The van der Waals surface area contributed by atoms with Crippen LogP contribution in [0.4, 0.5) is 0 Å². The second kappa shape index (κ2) is 9.72. The Morgan fingerprint density at radius 1 is 1.30 bits per heavy atom. The predicted molar refractivity (Wildman–Crippen MR) is 108 cm³/mol. The molecule has 1 aromatic heterocycles. The van der Waals surface area contributed by atoms with Crippen LogP contribution in [0.3, 0.4) is 0 Å². The zero-order valence-electron chi connectivity index (χ0n) is 16.2. The van der Waals surface area contributed by atoms with Gasteiger partial charge in [0.2, 0.25) is 0 Å². The first-order valence-corrected chi connectivity index (χ1v) is 9.15. The summed E-state index contributed by atoms with van der Waals surface area (Å²) in [5, 5.41) is 14.1. The van der Waals surface area contributed by atoms with E-state index in [-0.39, 0.29) is 11.7 Å². The zero-order valence-corrected chi connectivity index (χ0v) is 16.2. The van der Waals surface area contributed by atoms with E-state index in [4.69, 9.17) is 11.1 Å². The lowest BCUT2D eigenvalue weighted by Gasteiger charge is -2.26. The molecule has 0 aliphatic carbocycles. The Balaban J connectivity index is 2.08. The maximum Gasteiger partial charge on any atom is 0.252 e. The number of amidine groups is 1. The van der Waals surface area contributed by atoms with Crippen molar-refractivity contribution in [2.24, 2.45) is 5.73 Å². The van der Waals surface area contributed by atoms with Gasteiger partial charge in [0, 0.05) is 39.1 Å². The van der Waals surface area contributed by atoms with E-state index in [2.05, 4.69) is 34.4 Å². The second-order valence-corrected chi connectivity index (χ2v) is 6.30. The summed E-state index contributed by atoms with van der Waals surface area (Å²) in [6.07, 6.45) is 3.32. The minimum atomic E-state index is -0.0942. The Labute approximate surface area is 160 Å². The van der Waals surface area contributed by atoms with E-state index in [1.807, 2.05) is 13.1 Å². The summed E-state index contributed by atoms with van der Waals surface area (Å²) in [7, 11) is 1.81. The number of rotatable bonds is 8. The number of carbonyl (C=O) groups is 1. The van der Waals surface area contributed by atoms with Crippen LogP contribution in [0.1, 0.15) is 19.5 Å². The van der Waals surface area contributed by atoms with Crippen LogP contribution in [0.25, 0.3) is 5.57 Å². The normalized spacial score (nSPS) is 15.5. The molecule has 0 atom stereocenters. The SMILES string of the molecule is CCN(CC)CCN(C)C(=O)C1=CN/C(=C(\C(=N)N)c2ccccn2)NC1. The fraction of sp³-hybridized carbons (Fsp3) is 0.421. The van der Waals surface area contributed by atoms with E-state index in [1.165, 1.54) is 0 Å². The van der Waals surface area contributed by atoms with Crippen molar-refractivity contribution in [3.63, 3.8) is 0 Å². The Kier molecular flexibility index (Phi) is 7.36. The summed E-state index contributed by atoms with van der Waals surface area (Å²) in [6.45, 7) is 8.06. The van der Waals surface area contributed by atoms with Crippen LogP contribution < -0.4 is 16.4 Å². The number of nitrogens with one attached hydrogen (secondary N) is 3. The Hall–Kier alpha value is -2.87. The summed E-state index contributed by atoms with van der Waals surface area (Å²) >= 11 is 0. The fourth-order valence-electron chi connectivity index (χ4n) is 2.83. The highest BCUT2D eigenvalue weighted by Gasteiger charge is 2.21. The summed E-state index contributed by atoms with van der Waals surface area (Å²) in [5.74, 6) is 0.454. The Bertz CT molecular complexity index is 723. The molecule has 146 valence electrons. The van der Waals surface area contributed by atoms with Crippen LogP contribution in [0.2, 0.25) is 0 Å². The van der Waals surface area contributed by atoms with Gasteiger partial charge in [0.1, 0.15) is 11.7 Å². The lowest BCUT2D eigenvalue weighted by Crippen LogP contribution is -2.41. The van der Waals surface area contributed by atoms with E-state index in [0.29, 0.717) is 35.8 Å². The van der Waals surface area contributed by atoms with Crippen molar-refractivity contribution in [2.75, 3.05) is 39.8 Å². The number of hydrogen-bond donors (Lipinski definition) is 4. The van der Waals surface area contributed by atoms with Crippen molar-refractivity contribution >= 4 is 17.3 Å². The first-order valence-electron chi connectivity index (χ1n) is 9.15. The molecule has 0 saturated carbocycles. The van der Waals surface area contributed by atoms with E-state index in [1.54, 1.807) is 29.4 Å². The van der Waals surface area contributed by atoms with Crippen molar-refractivity contribution in [1.29, 1.82) is 5.41 Å². The first-order chi connectivity index (χ1) is 13.0. The van der Waals surface area contributed by atoms with E-state index in [9.17, 15) is 4.79 Å². The number of pyridine rings is 1. The van der Waals surface area contributed by atoms with Crippen LogP contribution in [0.5, 0.6) is 0 Å². The van der Waals surface area contributed by atoms with Gasteiger partial charge in [-0.25, -0.2) is 0 Å². The van der Waals surface area contributed by atoms with Gasteiger partial charge in [0.15, 0.2) is 0 Å². The van der Waals surface area contributed by atoms with E-state index < -0.39 is 0 Å². The molecule has 0 bridgehead atoms. The summed E-state index contributed by atoms with van der Waals surface area (Å²) in [4.78, 5) is 20.9. The summed E-state index contributed by atoms with van der Waals surface area (Å²) in [5.41, 5.74) is 7.45. The molecular formula is C19H29N7O. The molecule has 0 aromatic carbocycles. The van der Waals surface area contributed by atoms with E-state index in [0.717, 1.165) is 19.6 Å². The average molecular weight is 371 g/mol. The van der Waals surface area contributed by atoms with Gasteiger partial charge in [-0.15, -0.1) is 0 Å². The lowest BCUT2D eigenvalue weighted by atomic mass is 10.1. The monoisotopic (exact) mass is 371 g/mol. The van der Waals surface area contributed by atoms with Gasteiger partial charge in [-0.3, -0.25) is 15.2 Å². The second-order valence-electron chi connectivity index (χ2n) is 6.30. The average Bonchev–Trinajstić information content (AvgIpc) is 2.69. The van der Waals surface area contributed by atoms with E-state index >= 15 is 0 Å². The number of aromatic nitrogens is 1. The molecular weight excluding hydrogens is 342 g/mol. The molecule has 1 aliphatic rings. The summed E-state index contributed by atoms with van der Waals surface area (Å²) in [6, 6.07) is 5.43. The van der Waals surface area contributed by atoms with Crippen LogP contribution in [0.15, 0.2) is 42.0 Å². The third-order valence-corrected chi connectivity index (χ3v) is 4.55. The molecule has 0 radical (unpaired) electrons. The van der Waals surface area contributed by atoms with Crippen molar-refractivity contribution in [3.8, 4) is 0 Å². The third kappa shape index (κ3) is 5.30. The van der Waals surface area contributed by atoms with Gasteiger partial charge >= 0.3 is 0 Å². The molecule has 0 saturated heterocycles. The molecule has 2 heterocycles. The molecule has 0 spiro atoms. The third-order valence-electron chi connectivity index (χ3n) is 4.55. The van der Waals surface area contributed by atoms with Crippen LogP contribution in [-0.4, -0.2) is 66.3 Å². The predicted octanol–water partition coefficient (Wildman–Crippen LogP) is 0.563. The number of nitrogens with two attached hydrogens (primary N) is 1. The van der Waals surface area contributed by atoms with Gasteiger partial charge in [0.05, 0.1) is 16.8 Å². The number of nitrogens with zero attached hydrogens (tertiary/aromatic N) is 3. The van der Waals surface area contributed by atoms with Crippen LogP contribution in [0, 0.1) is 5.41 Å². The van der Waals surface area contributed by atoms with Crippen molar-refractivity contribution in [3.05, 3.63) is 47.7 Å². The highest BCUT2D eigenvalue weighted by molar-refractivity contribution is 6.20. The molecule has 1 aliphatic heterocycles. The largest absolute Gasteiger partial charge is 0.384 e. The number of carbonyl (C=O) groups excluding carboxylic acids is 1. The molecule has 27 heavy (non-hydrogen) atoms. The van der Waals surface area contributed by atoms with Crippen molar-refractivity contribution in [2.45, 2.75) is 13.8 Å². The van der Waals surface area contributed by atoms with Gasteiger partial charge in [-0.1, -0.05) is 19.9 Å². The molecule has 2 rings (SSSR count). The molecule has 1 amide bonds. The van der Waals surface area contributed by atoms with Gasteiger partial charge < -0.3 is 26.2 Å². The quantitative estimate of drug-likeness (QED) is 0.393. The highest BCUT2D eigenvalue weighted by Crippen LogP contribution is 2.16. The molecule has 8 heteroatoms. The topological polar surface area (TPSA) is 110 Å². The lowest BCUT2D eigenvalue weighted by molar-refractivity contribution is -0.126. The molecule has 0 unspecified atom stereocenters. The molecule has 0 fully saturated rings. The maximum absolute atomic E-state index is 12.6. The van der Waals surface area contributed by atoms with Crippen molar-refractivity contribution < 1.29 is 4.79 Å². The fourth-order valence-corrected chi connectivity index (χ4v) is 2.83. The number of likely N-dealkylation sites (N-methyl/N-ethyl adjacent to an activating group) is 2. The van der Waals surface area contributed by atoms with Gasteiger partial charge in [0.25, 0.3) is 5.91 Å². The number of amides is 1. The maximum atomic E-state index is 12.6. The van der Waals surface area contributed by atoms with Crippen LogP contribution in [-0.2, 0) is 4.79 Å². The number of hydrogen-bond acceptors (Lipinski definition) is 6. The molecule has 8 nitrogen and oxygen atoms in total. The zero-order chi connectivity index (χ0) is 19.8. The molecule has 1 aromatic rings. The Morgan fingerprint density at radius 2 is 2.04 bits per heavy atom. The van der Waals surface area contributed by atoms with Gasteiger partial charge in [-0.05, 0) is 25.2 Å². The van der Waals surface area contributed by atoms with Gasteiger partial charge in [-0.2, -0.15) is 0 Å². The Morgan fingerprint density at radius 3 is 2.56 bits per heavy atom. The standard InChI is InChI=1S/C19H29N7O/c1-4-26(5-2)11-10-25(3)19(27)14-12-23-18(24-13-14)16(17(20)21)15-8-6-7-9-22-15/h6-9,12,23-24H,4-5,10-11,13H2,1-3H3,(H3,20,21)/b18-16+. The minimum Gasteiger partial charge on any atom is -0.384 e. The van der Waals surface area contributed by atoms with Crippen molar-refractivity contribution in [1.82, 2.24) is 25.4 Å². The smallest absolute Gasteiger partial charge is 0.252 e. The molecule has 5 N–H and O–H groups in total. The van der Waals surface area contributed by atoms with Crippen LogP contribution >= 0.6 is 0 Å². The summed E-state index contributed by atoms with van der Waals surface area (Å²) < 4.78 is 0. The first kappa shape index (κ1) is 20.4. The minimum absolute atomic E-state index is 0.0246.